The van der Waals surface area contributed by atoms with Crippen LogP contribution in [0.5, 0.6) is 0 Å². The van der Waals surface area contributed by atoms with Crippen LogP contribution in [0, 0.1) is 0 Å². The number of aliphatic hydroxyl groups excluding tert-OH is 1. The van der Waals surface area contributed by atoms with Crippen molar-refractivity contribution < 1.29 is 9.90 Å². The number of aliphatic hydroxyl groups is 1. The maximum atomic E-state index is 12.0. The summed E-state index contributed by atoms with van der Waals surface area (Å²) in [7, 11) is 1.90. The van der Waals surface area contributed by atoms with Gasteiger partial charge in [-0.1, -0.05) is 31.0 Å². The van der Waals surface area contributed by atoms with Crippen molar-refractivity contribution in [3.63, 3.8) is 0 Å². The molecular formula is C15H22N2O2. The van der Waals surface area contributed by atoms with Gasteiger partial charge in [-0.05, 0) is 25.0 Å². The number of nitrogens with one attached hydrogen (secondary N) is 1. The van der Waals surface area contributed by atoms with E-state index in [2.05, 4.69) is 5.32 Å². The van der Waals surface area contributed by atoms with Gasteiger partial charge in [-0.25, -0.2) is 0 Å². The van der Waals surface area contributed by atoms with Crippen LogP contribution in [0.25, 0.3) is 0 Å². The Morgan fingerprint density at radius 1 is 1.32 bits per heavy atom. The first-order valence-corrected chi connectivity index (χ1v) is 6.90. The summed E-state index contributed by atoms with van der Waals surface area (Å²) in [6, 6.07) is 9.73. The van der Waals surface area contributed by atoms with E-state index in [-0.39, 0.29) is 18.1 Å². The lowest BCUT2D eigenvalue weighted by molar-refractivity contribution is -0.121. The fourth-order valence-electron chi connectivity index (χ4n) is 2.52. The van der Waals surface area contributed by atoms with Crippen molar-refractivity contribution >= 4 is 11.6 Å². The molecule has 1 aromatic carbocycles. The summed E-state index contributed by atoms with van der Waals surface area (Å²) >= 11 is 0. The molecular weight excluding hydrogens is 240 g/mol. The highest BCUT2D eigenvalue weighted by Gasteiger charge is 2.24. The average Bonchev–Trinajstić information content (AvgIpc) is 2.42. The highest BCUT2D eigenvalue weighted by molar-refractivity contribution is 5.81. The summed E-state index contributed by atoms with van der Waals surface area (Å²) in [6.45, 7) is 0.313. The number of hydrogen-bond donors (Lipinski definition) is 2. The first-order chi connectivity index (χ1) is 9.16. The minimum atomic E-state index is -0.389. The Bertz CT molecular complexity index is 408. The van der Waals surface area contributed by atoms with Gasteiger partial charge in [0, 0.05) is 12.7 Å². The van der Waals surface area contributed by atoms with E-state index in [4.69, 9.17) is 0 Å². The molecule has 0 heterocycles. The molecule has 0 aromatic heterocycles. The molecule has 2 atom stereocenters. The summed E-state index contributed by atoms with van der Waals surface area (Å²) in [5, 5.41) is 12.8. The van der Waals surface area contributed by atoms with Crippen molar-refractivity contribution in [2.45, 2.75) is 37.8 Å². The molecule has 2 unspecified atom stereocenters. The zero-order valence-corrected chi connectivity index (χ0v) is 11.4. The second-order valence-corrected chi connectivity index (χ2v) is 5.22. The number of carbonyl (C=O) groups is 1. The zero-order chi connectivity index (χ0) is 13.7. The van der Waals surface area contributed by atoms with Gasteiger partial charge in [0.25, 0.3) is 0 Å². The van der Waals surface area contributed by atoms with E-state index >= 15 is 0 Å². The predicted octanol–water partition coefficient (Wildman–Crippen LogP) is 1.54. The van der Waals surface area contributed by atoms with Gasteiger partial charge in [0.2, 0.25) is 5.91 Å². The lowest BCUT2D eigenvalue weighted by Crippen LogP contribution is -2.48. The van der Waals surface area contributed by atoms with Crippen molar-refractivity contribution in [2.24, 2.45) is 0 Å². The molecule has 2 N–H and O–H groups in total. The van der Waals surface area contributed by atoms with Gasteiger partial charge in [-0.3, -0.25) is 4.79 Å². The van der Waals surface area contributed by atoms with E-state index in [1.807, 2.05) is 42.3 Å². The number of carbonyl (C=O) groups excluding carboxylic acids is 1. The number of hydrogen-bond acceptors (Lipinski definition) is 3. The SMILES string of the molecule is CN(CC(=O)NC1CCCCC1O)c1ccccc1. The van der Waals surface area contributed by atoms with Crippen molar-refractivity contribution in [1.82, 2.24) is 5.32 Å². The molecule has 0 aliphatic heterocycles. The van der Waals surface area contributed by atoms with Crippen molar-refractivity contribution in [1.29, 1.82) is 0 Å². The Morgan fingerprint density at radius 3 is 2.68 bits per heavy atom. The second kappa shape index (κ2) is 6.57. The number of anilines is 1. The minimum absolute atomic E-state index is 0.0303. The topological polar surface area (TPSA) is 52.6 Å². The van der Waals surface area contributed by atoms with Crippen LogP contribution in [0.3, 0.4) is 0 Å². The molecule has 1 aliphatic carbocycles. The third-order valence-corrected chi connectivity index (χ3v) is 3.65. The maximum absolute atomic E-state index is 12.0. The molecule has 1 saturated carbocycles. The number of benzene rings is 1. The molecule has 0 radical (unpaired) electrons. The fraction of sp³-hybridized carbons (Fsp3) is 0.533. The van der Waals surface area contributed by atoms with E-state index in [1.54, 1.807) is 0 Å². The van der Waals surface area contributed by atoms with Crippen LogP contribution in [-0.2, 0) is 4.79 Å². The Morgan fingerprint density at radius 2 is 2.00 bits per heavy atom. The Kier molecular flexibility index (Phi) is 4.80. The molecule has 0 spiro atoms. The molecule has 0 bridgehead atoms. The van der Waals surface area contributed by atoms with Crippen LogP contribution in [0.4, 0.5) is 5.69 Å². The van der Waals surface area contributed by atoms with Crippen molar-refractivity contribution in [3.05, 3.63) is 30.3 Å². The summed E-state index contributed by atoms with van der Waals surface area (Å²) in [4.78, 5) is 13.9. The zero-order valence-electron chi connectivity index (χ0n) is 11.4. The van der Waals surface area contributed by atoms with Gasteiger partial charge in [0.15, 0.2) is 0 Å². The van der Waals surface area contributed by atoms with Gasteiger partial charge in [0.1, 0.15) is 0 Å². The average molecular weight is 262 g/mol. The minimum Gasteiger partial charge on any atom is -0.391 e. The molecule has 0 saturated heterocycles. The van der Waals surface area contributed by atoms with E-state index in [1.165, 1.54) is 0 Å². The molecule has 104 valence electrons. The molecule has 1 aliphatic rings. The normalized spacial score (nSPS) is 22.8. The highest BCUT2D eigenvalue weighted by atomic mass is 16.3. The van der Waals surface area contributed by atoms with Crippen LogP contribution in [0.2, 0.25) is 0 Å². The molecule has 2 rings (SSSR count). The monoisotopic (exact) mass is 262 g/mol. The standard InChI is InChI=1S/C15H22N2O2/c1-17(12-7-3-2-4-8-12)11-15(19)16-13-9-5-6-10-14(13)18/h2-4,7-8,13-14,18H,5-6,9-11H2,1H3,(H,16,19). The molecule has 4 nitrogen and oxygen atoms in total. The smallest absolute Gasteiger partial charge is 0.239 e. The van der Waals surface area contributed by atoms with Crippen LogP contribution in [0.15, 0.2) is 30.3 Å². The van der Waals surface area contributed by atoms with Gasteiger partial charge >= 0.3 is 0 Å². The van der Waals surface area contributed by atoms with Gasteiger partial charge in [0.05, 0.1) is 18.7 Å². The third kappa shape index (κ3) is 3.96. The molecule has 1 aromatic rings. The molecule has 1 amide bonds. The summed E-state index contributed by atoms with van der Waals surface area (Å²) in [5.41, 5.74) is 1.02. The Balaban J connectivity index is 1.84. The van der Waals surface area contributed by atoms with Crippen LogP contribution in [0.1, 0.15) is 25.7 Å². The summed E-state index contributed by atoms with van der Waals surface area (Å²) in [5.74, 6) is -0.0303. The Labute approximate surface area is 114 Å². The van der Waals surface area contributed by atoms with Gasteiger partial charge < -0.3 is 15.3 Å². The molecule has 19 heavy (non-hydrogen) atoms. The third-order valence-electron chi connectivity index (χ3n) is 3.65. The quantitative estimate of drug-likeness (QED) is 0.865. The first-order valence-electron chi connectivity index (χ1n) is 6.90. The second-order valence-electron chi connectivity index (χ2n) is 5.22. The largest absolute Gasteiger partial charge is 0.391 e. The first kappa shape index (κ1) is 13.9. The Hall–Kier alpha value is -1.55. The fourth-order valence-corrected chi connectivity index (χ4v) is 2.52. The maximum Gasteiger partial charge on any atom is 0.239 e. The highest BCUT2D eigenvalue weighted by Crippen LogP contribution is 2.18. The van der Waals surface area contributed by atoms with Crippen LogP contribution < -0.4 is 10.2 Å². The number of rotatable bonds is 4. The van der Waals surface area contributed by atoms with Crippen LogP contribution >= 0.6 is 0 Å². The van der Waals surface area contributed by atoms with Gasteiger partial charge in [-0.15, -0.1) is 0 Å². The lowest BCUT2D eigenvalue weighted by Gasteiger charge is -2.29. The number of likely N-dealkylation sites (N-methyl/N-ethyl adjacent to an activating group) is 1. The van der Waals surface area contributed by atoms with E-state index in [9.17, 15) is 9.90 Å². The summed E-state index contributed by atoms with van der Waals surface area (Å²) in [6.07, 6.45) is 3.41. The number of nitrogens with zero attached hydrogens (tertiary/aromatic N) is 1. The lowest BCUT2D eigenvalue weighted by atomic mass is 9.92. The molecule has 4 heteroatoms. The van der Waals surface area contributed by atoms with Gasteiger partial charge in [-0.2, -0.15) is 0 Å². The van der Waals surface area contributed by atoms with E-state index in [0.717, 1.165) is 31.4 Å². The summed E-state index contributed by atoms with van der Waals surface area (Å²) < 4.78 is 0. The van der Waals surface area contributed by atoms with Crippen molar-refractivity contribution in [3.8, 4) is 0 Å². The van der Waals surface area contributed by atoms with Crippen LogP contribution in [-0.4, -0.2) is 36.8 Å². The number of amides is 1. The van der Waals surface area contributed by atoms with E-state index < -0.39 is 0 Å². The number of para-hydroxylation sites is 1. The van der Waals surface area contributed by atoms with E-state index in [0.29, 0.717) is 6.54 Å². The molecule has 1 fully saturated rings. The predicted molar refractivity (Wildman–Crippen MR) is 76.1 cm³/mol. The van der Waals surface area contributed by atoms with Crippen molar-refractivity contribution in [2.75, 3.05) is 18.5 Å².